The van der Waals surface area contributed by atoms with Gasteiger partial charge in [0.2, 0.25) is 5.91 Å². The summed E-state index contributed by atoms with van der Waals surface area (Å²) >= 11 is 5.81. The standard InChI is InChI=1S/C19H24ClN3O3/c1-13-17(14(2)23(22-13)10-11-26-3)12-21-19(25)9-8-18(24)15-4-6-16(20)7-5-15/h4-7H,8-12H2,1-3H3,(H,21,25). The highest BCUT2D eigenvalue weighted by molar-refractivity contribution is 6.30. The van der Waals surface area contributed by atoms with E-state index in [9.17, 15) is 9.59 Å². The van der Waals surface area contributed by atoms with Crippen molar-refractivity contribution in [3.8, 4) is 0 Å². The zero-order valence-electron chi connectivity index (χ0n) is 15.3. The molecule has 1 heterocycles. The Morgan fingerprint density at radius 3 is 2.54 bits per heavy atom. The van der Waals surface area contributed by atoms with Crippen molar-refractivity contribution in [3.05, 3.63) is 51.8 Å². The van der Waals surface area contributed by atoms with E-state index >= 15 is 0 Å². The zero-order chi connectivity index (χ0) is 19.1. The predicted octanol–water partition coefficient (Wildman–Crippen LogP) is 3.08. The summed E-state index contributed by atoms with van der Waals surface area (Å²) in [4.78, 5) is 24.2. The highest BCUT2D eigenvalue weighted by atomic mass is 35.5. The molecule has 0 bridgehead atoms. The van der Waals surface area contributed by atoms with Gasteiger partial charge in [0.05, 0.1) is 18.8 Å². The largest absolute Gasteiger partial charge is 0.383 e. The quantitative estimate of drug-likeness (QED) is 0.681. The van der Waals surface area contributed by atoms with Crippen molar-refractivity contribution in [1.29, 1.82) is 0 Å². The Hall–Kier alpha value is -2.18. The van der Waals surface area contributed by atoms with Gasteiger partial charge in [0.25, 0.3) is 0 Å². The maximum absolute atomic E-state index is 12.1. The van der Waals surface area contributed by atoms with Crippen molar-refractivity contribution in [2.45, 2.75) is 39.8 Å². The van der Waals surface area contributed by atoms with Crippen LogP contribution in [0.25, 0.3) is 0 Å². The Labute approximate surface area is 158 Å². The number of nitrogens with zero attached hydrogens (tertiary/aromatic N) is 2. The van der Waals surface area contributed by atoms with Crippen molar-refractivity contribution in [2.75, 3.05) is 13.7 Å². The summed E-state index contributed by atoms with van der Waals surface area (Å²) in [7, 11) is 1.65. The van der Waals surface area contributed by atoms with Gasteiger partial charge in [-0.3, -0.25) is 14.3 Å². The molecule has 0 aliphatic carbocycles. The van der Waals surface area contributed by atoms with Gasteiger partial charge in [-0.1, -0.05) is 11.6 Å². The number of hydrogen-bond acceptors (Lipinski definition) is 4. The predicted molar refractivity (Wildman–Crippen MR) is 100 cm³/mol. The summed E-state index contributed by atoms with van der Waals surface area (Å²) in [5.74, 6) is -0.229. The first-order valence-corrected chi connectivity index (χ1v) is 8.87. The first-order valence-electron chi connectivity index (χ1n) is 8.49. The molecule has 1 amide bonds. The molecular formula is C19H24ClN3O3. The van der Waals surface area contributed by atoms with E-state index in [1.807, 2.05) is 18.5 Å². The Bertz CT molecular complexity index is 769. The lowest BCUT2D eigenvalue weighted by Crippen LogP contribution is -2.24. The molecule has 0 saturated carbocycles. The summed E-state index contributed by atoms with van der Waals surface area (Å²) in [6.45, 7) is 5.55. The minimum absolute atomic E-state index is 0.0726. The second kappa shape index (κ2) is 9.50. The summed E-state index contributed by atoms with van der Waals surface area (Å²) in [5, 5.41) is 7.92. The lowest BCUT2D eigenvalue weighted by molar-refractivity contribution is -0.121. The number of rotatable bonds is 9. The number of halogens is 1. The van der Waals surface area contributed by atoms with Crippen LogP contribution in [0.5, 0.6) is 0 Å². The molecule has 0 unspecified atom stereocenters. The number of aromatic nitrogens is 2. The van der Waals surface area contributed by atoms with Crippen LogP contribution in [0, 0.1) is 13.8 Å². The summed E-state index contributed by atoms with van der Waals surface area (Å²) in [6, 6.07) is 6.68. The van der Waals surface area contributed by atoms with Gasteiger partial charge in [-0.05, 0) is 38.1 Å². The number of carbonyl (C=O) groups excluding carboxylic acids is 2. The van der Waals surface area contributed by atoms with Crippen LogP contribution in [-0.4, -0.2) is 35.2 Å². The lowest BCUT2D eigenvalue weighted by Gasteiger charge is -2.07. The van der Waals surface area contributed by atoms with Crippen molar-refractivity contribution < 1.29 is 14.3 Å². The second-order valence-electron chi connectivity index (χ2n) is 6.07. The molecule has 2 aromatic rings. The maximum atomic E-state index is 12.1. The molecule has 1 aromatic heterocycles. The summed E-state index contributed by atoms with van der Waals surface area (Å²) < 4.78 is 6.95. The lowest BCUT2D eigenvalue weighted by atomic mass is 10.1. The van der Waals surface area contributed by atoms with Crippen LogP contribution in [0.15, 0.2) is 24.3 Å². The maximum Gasteiger partial charge on any atom is 0.220 e. The van der Waals surface area contributed by atoms with E-state index in [0.717, 1.165) is 17.0 Å². The number of ether oxygens (including phenoxy) is 1. The van der Waals surface area contributed by atoms with Crippen molar-refractivity contribution in [3.63, 3.8) is 0 Å². The number of amides is 1. The molecule has 7 heteroatoms. The van der Waals surface area contributed by atoms with E-state index in [-0.39, 0.29) is 24.5 Å². The number of benzene rings is 1. The van der Waals surface area contributed by atoms with Crippen LogP contribution >= 0.6 is 11.6 Å². The van der Waals surface area contributed by atoms with E-state index in [1.165, 1.54) is 0 Å². The Balaban J connectivity index is 1.84. The van der Waals surface area contributed by atoms with Gasteiger partial charge in [-0.15, -0.1) is 0 Å². The monoisotopic (exact) mass is 377 g/mol. The average molecular weight is 378 g/mol. The number of hydrogen-bond donors (Lipinski definition) is 1. The molecule has 0 aliphatic heterocycles. The topological polar surface area (TPSA) is 73.2 Å². The van der Waals surface area contributed by atoms with Crippen LogP contribution < -0.4 is 5.32 Å². The molecule has 6 nitrogen and oxygen atoms in total. The normalized spacial score (nSPS) is 10.8. The minimum Gasteiger partial charge on any atom is -0.383 e. The fourth-order valence-corrected chi connectivity index (χ4v) is 2.79. The first-order chi connectivity index (χ1) is 12.4. The van der Waals surface area contributed by atoms with Crippen LogP contribution in [0.4, 0.5) is 0 Å². The molecule has 0 radical (unpaired) electrons. The molecule has 26 heavy (non-hydrogen) atoms. The van der Waals surface area contributed by atoms with E-state index in [4.69, 9.17) is 16.3 Å². The fourth-order valence-electron chi connectivity index (χ4n) is 2.67. The van der Waals surface area contributed by atoms with Gasteiger partial charge < -0.3 is 10.1 Å². The molecular weight excluding hydrogens is 354 g/mol. The number of carbonyl (C=O) groups is 2. The van der Waals surface area contributed by atoms with Gasteiger partial charge in [-0.2, -0.15) is 5.10 Å². The van der Waals surface area contributed by atoms with Crippen molar-refractivity contribution >= 4 is 23.3 Å². The smallest absolute Gasteiger partial charge is 0.220 e. The number of nitrogens with one attached hydrogen (secondary N) is 1. The Morgan fingerprint density at radius 2 is 1.88 bits per heavy atom. The van der Waals surface area contributed by atoms with Crippen molar-refractivity contribution in [2.24, 2.45) is 0 Å². The van der Waals surface area contributed by atoms with Crippen LogP contribution in [0.3, 0.4) is 0 Å². The first kappa shape index (κ1) is 20.1. The van der Waals surface area contributed by atoms with Gasteiger partial charge >= 0.3 is 0 Å². The highest BCUT2D eigenvalue weighted by Crippen LogP contribution is 2.14. The molecule has 0 fully saturated rings. The molecule has 2 rings (SSSR count). The number of ketones is 1. The number of Topliss-reactive ketones (excluding diaryl/α,β-unsaturated/α-hetero) is 1. The molecule has 0 saturated heterocycles. The third-order valence-electron chi connectivity index (χ3n) is 4.25. The molecule has 0 aliphatic rings. The molecule has 0 spiro atoms. The second-order valence-corrected chi connectivity index (χ2v) is 6.51. The minimum atomic E-state index is -0.157. The highest BCUT2D eigenvalue weighted by Gasteiger charge is 2.13. The summed E-state index contributed by atoms with van der Waals surface area (Å²) in [6.07, 6.45) is 0.315. The van der Waals surface area contributed by atoms with Gasteiger partial charge in [0.15, 0.2) is 5.78 Å². The molecule has 0 atom stereocenters. The Morgan fingerprint density at radius 1 is 1.19 bits per heavy atom. The van der Waals surface area contributed by atoms with Gasteiger partial charge in [0, 0.05) is 48.3 Å². The third kappa shape index (κ3) is 5.41. The van der Waals surface area contributed by atoms with Gasteiger partial charge in [-0.25, -0.2) is 0 Å². The zero-order valence-corrected chi connectivity index (χ0v) is 16.1. The van der Waals surface area contributed by atoms with E-state index in [0.29, 0.717) is 30.3 Å². The molecule has 1 N–H and O–H groups in total. The van der Waals surface area contributed by atoms with Crippen LogP contribution in [0.2, 0.25) is 5.02 Å². The fraction of sp³-hybridized carbons (Fsp3) is 0.421. The third-order valence-corrected chi connectivity index (χ3v) is 4.50. The van der Waals surface area contributed by atoms with Crippen LogP contribution in [0.1, 0.15) is 40.2 Å². The molecule has 140 valence electrons. The Kier molecular flexibility index (Phi) is 7.36. The number of methoxy groups -OCH3 is 1. The van der Waals surface area contributed by atoms with E-state index in [2.05, 4.69) is 10.4 Å². The van der Waals surface area contributed by atoms with E-state index in [1.54, 1.807) is 31.4 Å². The van der Waals surface area contributed by atoms with E-state index < -0.39 is 0 Å². The molecule has 1 aromatic carbocycles. The van der Waals surface area contributed by atoms with Crippen LogP contribution in [-0.2, 0) is 22.6 Å². The average Bonchev–Trinajstić information content (AvgIpc) is 2.90. The SMILES string of the molecule is COCCn1nc(C)c(CNC(=O)CCC(=O)c2ccc(Cl)cc2)c1C. The number of aryl methyl sites for hydroxylation is 1. The summed E-state index contributed by atoms with van der Waals surface area (Å²) in [5.41, 5.74) is 3.46. The van der Waals surface area contributed by atoms with Gasteiger partial charge in [0.1, 0.15) is 0 Å². The van der Waals surface area contributed by atoms with Crippen molar-refractivity contribution in [1.82, 2.24) is 15.1 Å².